The minimum Gasteiger partial charge on any atom is -0.492 e. The number of para-hydroxylation sites is 2. The second-order valence-electron chi connectivity index (χ2n) is 5.99. The smallest absolute Gasteiger partial charge is 0.332 e. The number of carbonyl (C=O) groups excluding carboxylic acids is 2. The minimum atomic E-state index is -1.13. The Morgan fingerprint density at radius 1 is 1.03 bits per heavy atom. The number of carbonyl (C=O) groups is 2. The van der Waals surface area contributed by atoms with Gasteiger partial charge in [-0.15, -0.1) is 0 Å². The van der Waals surface area contributed by atoms with Crippen LogP contribution in [0.1, 0.15) is 24.4 Å². The van der Waals surface area contributed by atoms with Crippen molar-refractivity contribution in [3.63, 3.8) is 0 Å². The number of hydrogen-bond acceptors (Lipinski definition) is 5. The first kappa shape index (κ1) is 19.9. The molecule has 1 atom stereocenters. The van der Waals surface area contributed by atoms with Gasteiger partial charge in [-0.05, 0) is 37.3 Å². The summed E-state index contributed by atoms with van der Waals surface area (Å²) in [7, 11) is 0. The van der Waals surface area contributed by atoms with E-state index in [1.165, 1.54) is 18.4 Å². The molecule has 1 amide bonds. The number of anilines is 1. The summed E-state index contributed by atoms with van der Waals surface area (Å²) in [5.74, 6) is -0.0981. The predicted molar refractivity (Wildman–Crippen MR) is 109 cm³/mol. The van der Waals surface area contributed by atoms with Crippen LogP contribution in [0.3, 0.4) is 0 Å². The summed E-state index contributed by atoms with van der Waals surface area (Å²) in [4.78, 5) is 25.2. The van der Waals surface area contributed by atoms with E-state index in [1.54, 1.807) is 54.6 Å². The minimum absolute atomic E-state index is 0.460. The molecule has 1 heterocycles. The van der Waals surface area contributed by atoms with E-state index in [-0.39, 0.29) is 0 Å². The monoisotopic (exact) mass is 391 g/mol. The highest BCUT2D eigenvalue weighted by atomic mass is 16.5. The Morgan fingerprint density at radius 2 is 1.79 bits per heavy atom. The van der Waals surface area contributed by atoms with Gasteiger partial charge in [0.1, 0.15) is 11.5 Å². The first-order valence-electron chi connectivity index (χ1n) is 9.17. The maximum Gasteiger partial charge on any atom is 0.332 e. The lowest BCUT2D eigenvalue weighted by Crippen LogP contribution is -2.25. The Balaban J connectivity index is 1.78. The van der Waals surface area contributed by atoms with Gasteiger partial charge in [-0.3, -0.25) is 4.79 Å². The van der Waals surface area contributed by atoms with Crippen molar-refractivity contribution in [3.05, 3.63) is 90.4 Å². The lowest BCUT2D eigenvalue weighted by atomic mass is 10.1. The molecule has 6 heteroatoms. The Bertz CT molecular complexity index is 964. The van der Waals surface area contributed by atoms with Crippen LogP contribution in [0.4, 0.5) is 5.69 Å². The molecule has 0 spiro atoms. The third kappa shape index (κ3) is 5.59. The highest BCUT2D eigenvalue weighted by Crippen LogP contribution is 2.26. The molecule has 0 saturated heterocycles. The Kier molecular flexibility index (Phi) is 6.84. The first-order chi connectivity index (χ1) is 14.2. The van der Waals surface area contributed by atoms with Gasteiger partial charge in [0.2, 0.25) is 6.10 Å². The van der Waals surface area contributed by atoms with Crippen LogP contribution in [0.15, 0.2) is 83.5 Å². The van der Waals surface area contributed by atoms with Crippen LogP contribution < -0.4 is 10.1 Å². The van der Waals surface area contributed by atoms with Gasteiger partial charge in [0.25, 0.3) is 5.91 Å². The van der Waals surface area contributed by atoms with Gasteiger partial charge >= 0.3 is 5.97 Å². The second kappa shape index (κ2) is 9.94. The lowest BCUT2D eigenvalue weighted by molar-refractivity contribution is -0.149. The van der Waals surface area contributed by atoms with Crippen LogP contribution in [0, 0.1) is 0 Å². The Morgan fingerprint density at radius 3 is 2.52 bits per heavy atom. The molecule has 3 aromatic rings. The molecule has 148 valence electrons. The zero-order chi connectivity index (χ0) is 20.5. The summed E-state index contributed by atoms with van der Waals surface area (Å²) in [5, 5.41) is 2.79. The molecule has 0 fully saturated rings. The number of nitrogens with one attached hydrogen (secondary N) is 1. The largest absolute Gasteiger partial charge is 0.492 e. The number of benzene rings is 2. The summed E-state index contributed by atoms with van der Waals surface area (Å²) >= 11 is 0. The first-order valence-corrected chi connectivity index (χ1v) is 9.17. The van der Waals surface area contributed by atoms with Crippen molar-refractivity contribution in [3.8, 4) is 5.75 Å². The maximum atomic E-state index is 13.0. The van der Waals surface area contributed by atoms with Crippen LogP contribution in [-0.4, -0.2) is 18.5 Å². The molecule has 0 aliphatic rings. The van der Waals surface area contributed by atoms with Crippen molar-refractivity contribution < 1.29 is 23.5 Å². The van der Waals surface area contributed by atoms with E-state index < -0.39 is 18.0 Å². The van der Waals surface area contributed by atoms with Crippen molar-refractivity contribution in [1.29, 1.82) is 0 Å². The fourth-order valence-electron chi connectivity index (χ4n) is 2.64. The predicted octanol–water partition coefficient (Wildman–Crippen LogP) is 4.61. The molecule has 0 unspecified atom stereocenters. The number of ether oxygens (including phenoxy) is 2. The van der Waals surface area contributed by atoms with E-state index >= 15 is 0 Å². The van der Waals surface area contributed by atoms with Gasteiger partial charge < -0.3 is 19.2 Å². The maximum absolute atomic E-state index is 13.0. The molecule has 1 aromatic heterocycles. The molecular weight excluding hydrogens is 370 g/mol. The highest BCUT2D eigenvalue weighted by Gasteiger charge is 2.25. The van der Waals surface area contributed by atoms with Crippen molar-refractivity contribution in [2.45, 2.75) is 13.0 Å². The molecule has 0 radical (unpaired) electrons. The van der Waals surface area contributed by atoms with Gasteiger partial charge in [0.05, 0.1) is 18.6 Å². The van der Waals surface area contributed by atoms with Gasteiger partial charge in [-0.2, -0.15) is 0 Å². The lowest BCUT2D eigenvalue weighted by Gasteiger charge is -2.18. The fraction of sp³-hybridized carbons (Fsp3) is 0.130. The van der Waals surface area contributed by atoms with Crippen LogP contribution >= 0.6 is 0 Å². The van der Waals surface area contributed by atoms with Crippen molar-refractivity contribution in [2.75, 3.05) is 11.9 Å². The van der Waals surface area contributed by atoms with Gasteiger partial charge in [0, 0.05) is 11.6 Å². The third-order valence-corrected chi connectivity index (χ3v) is 3.95. The molecule has 0 saturated carbocycles. The number of esters is 1. The summed E-state index contributed by atoms with van der Waals surface area (Å²) in [6, 6.07) is 19.3. The number of hydrogen-bond donors (Lipinski definition) is 1. The molecule has 3 rings (SSSR count). The summed E-state index contributed by atoms with van der Waals surface area (Å²) < 4.78 is 16.1. The van der Waals surface area contributed by atoms with Gasteiger partial charge in [-0.1, -0.05) is 42.5 Å². The molecule has 1 N–H and O–H groups in total. The Labute approximate surface area is 168 Å². The van der Waals surface area contributed by atoms with Crippen LogP contribution in [0.2, 0.25) is 0 Å². The van der Waals surface area contributed by atoms with E-state index in [0.29, 0.717) is 29.4 Å². The molecule has 0 aliphatic carbocycles. The average molecular weight is 391 g/mol. The van der Waals surface area contributed by atoms with Gasteiger partial charge in [-0.25, -0.2) is 4.79 Å². The number of amides is 1. The van der Waals surface area contributed by atoms with E-state index in [9.17, 15) is 9.59 Å². The standard InChI is InChI=1S/C23H21NO5/c1-2-27-20-13-7-6-12-19(20)24-23(26)22(17-9-4-3-5-10-17)29-21(25)15-14-18-11-8-16-28-18/h3-16,22H,2H2,1H3,(H,24,26)/b15-14+/t22-/m0/s1. The van der Waals surface area contributed by atoms with Crippen LogP contribution in [-0.2, 0) is 14.3 Å². The molecule has 6 nitrogen and oxygen atoms in total. The normalized spacial score (nSPS) is 11.8. The highest BCUT2D eigenvalue weighted by molar-refractivity contribution is 5.98. The van der Waals surface area contributed by atoms with Crippen LogP contribution in [0.5, 0.6) is 5.75 Å². The average Bonchev–Trinajstić information content (AvgIpc) is 3.26. The molecular formula is C23H21NO5. The van der Waals surface area contributed by atoms with E-state index in [4.69, 9.17) is 13.9 Å². The van der Waals surface area contributed by atoms with Gasteiger partial charge in [0.15, 0.2) is 0 Å². The summed E-state index contributed by atoms with van der Waals surface area (Å²) in [6.45, 7) is 2.32. The van der Waals surface area contributed by atoms with Crippen LogP contribution in [0.25, 0.3) is 6.08 Å². The number of rotatable bonds is 8. The van der Waals surface area contributed by atoms with E-state index in [1.807, 2.05) is 19.1 Å². The molecule has 0 bridgehead atoms. The molecule has 29 heavy (non-hydrogen) atoms. The topological polar surface area (TPSA) is 77.8 Å². The Hall–Kier alpha value is -3.80. The number of furan rings is 1. The molecule has 0 aliphatic heterocycles. The SMILES string of the molecule is CCOc1ccccc1NC(=O)[C@@H](OC(=O)/C=C/c1ccco1)c1ccccc1. The van der Waals surface area contributed by atoms with Crippen molar-refractivity contribution in [2.24, 2.45) is 0 Å². The summed E-state index contributed by atoms with van der Waals surface area (Å²) in [5.41, 5.74) is 1.06. The summed E-state index contributed by atoms with van der Waals surface area (Å²) in [6.07, 6.45) is 3.07. The quantitative estimate of drug-likeness (QED) is 0.448. The zero-order valence-corrected chi connectivity index (χ0v) is 15.9. The third-order valence-electron chi connectivity index (χ3n) is 3.95. The molecule has 2 aromatic carbocycles. The van der Waals surface area contributed by atoms with Crippen molar-refractivity contribution >= 4 is 23.6 Å². The second-order valence-corrected chi connectivity index (χ2v) is 5.99. The fourth-order valence-corrected chi connectivity index (χ4v) is 2.64. The van der Waals surface area contributed by atoms with E-state index in [0.717, 1.165) is 0 Å². The van der Waals surface area contributed by atoms with Crippen molar-refractivity contribution in [1.82, 2.24) is 0 Å². The zero-order valence-electron chi connectivity index (χ0n) is 15.9. The van der Waals surface area contributed by atoms with E-state index in [2.05, 4.69) is 5.32 Å².